The highest BCUT2D eigenvalue weighted by atomic mass is 32.2. The van der Waals surface area contributed by atoms with Crippen molar-refractivity contribution in [3.05, 3.63) is 58.1 Å². The standard InChI is InChI=1S/C18H16N4O5S/c1-11-6-7-15(26-2)14(8-11)19-16(23)10-28-18-21-20-17(27-18)12-4-3-5-13(9-12)22(24)25/h3-9H,10H2,1-2H3,(H,19,23). The molecule has 0 saturated heterocycles. The molecule has 0 fully saturated rings. The number of benzene rings is 2. The number of aryl methyl sites for hydroxylation is 1. The van der Waals surface area contributed by atoms with Gasteiger partial charge in [-0.15, -0.1) is 10.2 Å². The van der Waals surface area contributed by atoms with Gasteiger partial charge in [0.25, 0.3) is 10.9 Å². The molecule has 0 unspecified atom stereocenters. The molecule has 2 aromatic carbocycles. The van der Waals surface area contributed by atoms with E-state index in [1.165, 1.54) is 25.3 Å². The minimum atomic E-state index is -0.501. The number of nitro benzene ring substituents is 1. The normalized spacial score (nSPS) is 10.5. The van der Waals surface area contributed by atoms with Crippen molar-refractivity contribution in [2.75, 3.05) is 18.2 Å². The van der Waals surface area contributed by atoms with Gasteiger partial charge in [-0.2, -0.15) is 0 Å². The number of nitrogens with zero attached hydrogens (tertiary/aromatic N) is 3. The van der Waals surface area contributed by atoms with Gasteiger partial charge in [0, 0.05) is 17.7 Å². The van der Waals surface area contributed by atoms with Crippen molar-refractivity contribution in [3.8, 4) is 17.2 Å². The zero-order chi connectivity index (χ0) is 20.1. The van der Waals surface area contributed by atoms with Crippen LogP contribution in [-0.4, -0.2) is 33.9 Å². The number of carbonyl (C=O) groups excluding carboxylic acids is 1. The van der Waals surface area contributed by atoms with E-state index in [1.807, 2.05) is 19.1 Å². The van der Waals surface area contributed by atoms with Crippen molar-refractivity contribution >= 4 is 29.0 Å². The molecule has 0 radical (unpaired) electrons. The molecule has 0 saturated carbocycles. The number of amides is 1. The highest BCUT2D eigenvalue weighted by Crippen LogP contribution is 2.27. The van der Waals surface area contributed by atoms with E-state index in [0.29, 0.717) is 17.0 Å². The zero-order valence-electron chi connectivity index (χ0n) is 15.0. The summed E-state index contributed by atoms with van der Waals surface area (Å²) in [5.74, 6) is 0.499. The van der Waals surface area contributed by atoms with E-state index in [0.717, 1.165) is 17.3 Å². The molecule has 1 N–H and O–H groups in total. The van der Waals surface area contributed by atoms with Crippen LogP contribution in [-0.2, 0) is 4.79 Å². The minimum Gasteiger partial charge on any atom is -0.495 e. The summed E-state index contributed by atoms with van der Waals surface area (Å²) < 4.78 is 10.7. The molecule has 0 atom stereocenters. The fourth-order valence-electron chi connectivity index (χ4n) is 2.37. The molecule has 1 amide bonds. The summed E-state index contributed by atoms with van der Waals surface area (Å²) in [6.07, 6.45) is 0. The van der Waals surface area contributed by atoms with Crippen molar-refractivity contribution < 1.29 is 18.9 Å². The predicted octanol–water partition coefficient (Wildman–Crippen LogP) is 3.69. The number of carbonyl (C=O) groups is 1. The quantitative estimate of drug-likeness (QED) is 0.362. The lowest BCUT2D eigenvalue weighted by molar-refractivity contribution is -0.384. The number of non-ortho nitro benzene ring substituents is 1. The van der Waals surface area contributed by atoms with E-state index in [4.69, 9.17) is 9.15 Å². The Bertz CT molecular complexity index is 1020. The SMILES string of the molecule is COc1ccc(C)cc1NC(=O)CSc1nnc(-c2cccc([N+](=O)[O-])c2)o1. The summed E-state index contributed by atoms with van der Waals surface area (Å²) in [6, 6.07) is 11.4. The monoisotopic (exact) mass is 400 g/mol. The molecule has 28 heavy (non-hydrogen) atoms. The molecule has 9 nitrogen and oxygen atoms in total. The number of anilines is 1. The lowest BCUT2D eigenvalue weighted by Gasteiger charge is -2.10. The van der Waals surface area contributed by atoms with Crippen molar-refractivity contribution in [2.24, 2.45) is 0 Å². The first-order chi connectivity index (χ1) is 13.5. The van der Waals surface area contributed by atoms with Gasteiger partial charge in [0.1, 0.15) is 5.75 Å². The van der Waals surface area contributed by atoms with E-state index in [9.17, 15) is 14.9 Å². The molecule has 10 heteroatoms. The van der Waals surface area contributed by atoms with Crippen molar-refractivity contribution in [1.29, 1.82) is 0 Å². The molecular weight excluding hydrogens is 384 g/mol. The molecular formula is C18H16N4O5S. The number of nitro groups is 1. The Labute approximate surface area is 164 Å². The Kier molecular flexibility index (Phi) is 5.90. The Morgan fingerprint density at radius 2 is 2.11 bits per heavy atom. The van der Waals surface area contributed by atoms with E-state index in [-0.39, 0.29) is 28.5 Å². The van der Waals surface area contributed by atoms with Crippen molar-refractivity contribution in [2.45, 2.75) is 12.1 Å². The number of thioether (sulfide) groups is 1. The van der Waals surface area contributed by atoms with Gasteiger partial charge in [-0.05, 0) is 30.7 Å². The first-order valence-corrected chi connectivity index (χ1v) is 9.10. The summed E-state index contributed by atoms with van der Waals surface area (Å²) in [7, 11) is 1.53. The largest absolute Gasteiger partial charge is 0.495 e. The van der Waals surface area contributed by atoms with Crippen LogP contribution in [0.25, 0.3) is 11.5 Å². The van der Waals surface area contributed by atoms with Crippen LogP contribution in [0.4, 0.5) is 11.4 Å². The van der Waals surface area contributed by atoms with Crippen LogP contribution in [0.1, 0.15) is 5.56 Å². The lowest BCUT2D eigenvalue weighted by atomic mass is 10.2. The summed E-state index contributed by atoms with van der Waals surface area (Å²) >= 11 is 1.06. The van der Waals surface area contributed by atoms with Gasteiger partial charge in [-0.1, -0.05) is 23.9 Å². The van der Waals surface area contributed by atoms with Crippen LogP contribution < -0.4 is 10.1 Å². The van der Waals surface area contributed by atoms with Crippen LogP contribution in [0.15, 0.2) is 52.1 Å². The van der Waals surface area contributed by atoms with E-state index in [1.54, 1.807) is 12.1 Å². The first-order valence-electron chi connectivity index (χ1n) is 8.12. The number of hydrogen-bond acceptors (Lipinski definition) is 8. The summed E-state index contributed by atoms with van der Waals surface area (Å²) in [5.41, 5.74) is 1.93. The van der Waals surface area contributed by atoms with Gasteiger partial charge in [0.2, 0.25) is 11.8 Å². The van der Waals surface area contributed by atoms with Gasteiger partial charge in [0.05, 0.1) is 23.5 Å². The zero-order valence-corrected chi connectivity index (χ0v) is 15.9. The molecule has 3 rings (SSSR count). The summed E-state index contributed by atoms with van der Waals surface area (Å²) in [5, 5.41) is 21.6. The minimum absolute atomic E-state index is 0.0493. The fraction of sp³-hybridized carbons (Fsp3) is 0.167. The lowest BCUT2D eigenvalue weighted by Crippen LogP contribution is -2.14. The third kappa shape index (κ3) is 4.65. The average Bonchev–Trinajstić information content (AvgIpc) is 3.16. The first kappa shape index (κ1) is 19.4. The maximum Gasteiger partial charge on any atom is 0.277 e. The Balaban J connectivity index is 1.63. The highest BCUT2D eigenvalue weighted by molar-refractivity contribution is 7.99. The smallest absolute Gasteiger partial charge is 0.277 e. The van der Waals surface area contributed by atoms with Gasteiger partial charge in [-0.25, -0.2) is 0 Å². The van der Waals surface area contributed by atoms with Gasteiger partial charge < -0.3 is 14.5 Å². The van der Waals surface area contributed by atoms with Crippen LogP contribution in [0, 0.1) is 17.0 Å². The molecule has 0 bridgehead atoms. The molecule has 144 valence electrons. The van der Waals surface area contributed by atoms with Gasteiger partial charge >= 0.3 is 0 Å². The predicted molar refractivity (Wildman–Crippen MR) is 103 cm³/mol. The third-order valence-electron chi connectivity index (χ3n) is 3.67. The number of ether oxygens (including phenoxy) is 1. The average molecular weight is 400 g/mol. The second-order valence-corrected chi connectivity index (χ2v) is 6.65. The molecule has 1 heterocycles. The highest BCUT2D eigenvalue weighted by Gasteiger charge is 2.15. The van der Waals surface area contributed by atoms with E-state index in [2.05, 4.69) is 15.5 Å². The number of aromatic nitrogens is 2. The summed E-state index contributed by atoms with van der Waals surface area (Å²) in [4.78, 5) is 22.6. The van der Waals surface area contributed by atoms with Crippen LogP contribution in [0.2, 0.25) is 0 Å². The van der Waals surface area contributed by atoms with Gasteiger partial charge in [0.15, 0.2) is 0 Å². The second kappa shape index (κ2) is 8.53. The third-order valence-corrected chi connectivity index (χ3v) is 4.48. The molecule has 0 aliphatic heterocycles. The second-order valence-electron chi connectivity index (χ2n) is 5.72. The Morgan fingerprint density at radius 3 is 2.86 bits per heavy atom. The van der Waals surface area contributed by atoms with Crippen LogP contribution in [0.5, 0.6) is 5.75 Å². The van der Waals surface area contributed by atoms with E-state index < -0.39 is 4.92 Å². The number of methoxy groups -OCH3 is 1. The molecule has 3 aromatic rings. The Hall–Kier alpha value is -3.40. The van der Waals surface area contributed by atoms with Crippen molar-refractivity contribution in [1.82, 2.24) is 10.2 Å². The summed E-state index contributed by atoms with van der Waals surface area (Å²) in [6.45, 7) is 1.91. The number of nitrogens with one attached hydrogen (secondary N) is 1. The molecule has 0 spiro atoms. The number of rotatable bonds is 7. The topological polar surface area (TPSA) is 120 Å². The van der Waals surface area contributed by atoms with E-state index >= 15 is 0 Å². The van der Waals surface area contributed by atoms with Gasteiger partial charge in [-0.3, -0.25) is 14.9 Å². The molecule has 0 aliphatic rings. The molecule has 1 aromatic heterocycles. The number of hydrogen-bond donors (Lipinski definition) is 1. The maximum absolute atomic E-state index is 12.2. The fourth-order valence-corrected chi connectivity index (χ4v) is 2.93. The van der Waals surface area contributed by atoms with Crippen molar-refractivity contribution in [3.63, 3.8) is 0 Å². The van der Waals surface area contributed by atoms with Crippen LogP contribution >= 0.6 is 11.8 Å². The Morgan fingerprint density at radius 1 is 1.29 bits per heavy atom. The van der Waals surface area contributed by atoms with Crippen LogP contribution in [0.3, 0.4) is 0 Å². The maximum atomic E-state index is 12.2. The molecule has 0 aliphatic carbocycles.